The Balaban J connectivity index is 1.13. The first-order chi connectivity index (χ1) is 16.0. The average Bonchev–Trinajstić information content (AvgIpc) is 3.16. The van der Waals surface area contributed by atoms with E-state index in [4.69, 9.17) is 21.1 Å². The molecule has 4 aliphatic rings. The predicted molar refractivity (Wildman–Crippen MR) is 108 cm³/mol. The number of amides is 1. The summed E-state index contributed by atoms with van der Waals surface area (Å²) < 4.78 is 66.0. The van der Waals surface area contributed by atoms with Crippen LogP contribution in [0.1, 0.15) is 37.4 Å². The molecular formula is C21H20ClF4N3O5. The Morgan fingerprint density at radius 3 is 2.76 bits per heavy atom. The van der Waals surface area contributed by atoms with Crippen LogP contribution < -0.4 is 14.8 Å². The van der Waals surface area contributed by atoms with Gasteiger partial charge in [0.15, 0.2) is 11.9 Å². The van der Waals surface area contributed by atoms with E-state index < -0.39 is 42.4 Å². The number of halogens is 5. The second kappa shape index (κ2) is 7.99. The minimum absolute atomic E-state index is 0.0138. The van der Waals surface area contributed by atoms with Crippen molar-refractivity contribution in [2.45, 2.75) is 55.3 Å². The van der Waals surface area contributed by atoms with Gasteiger partial charge in [0.1, 0.15) is 18.2 Å². The summed E-state index contributed by atoms with van der Waals surface area (Å²) in [5.41, 5.74) is -0.386. The molecule has 2 bridgehead atoms. The van der Waals surface area contributed by atoms with Crippen molar-refractivity contribution in [3.63, 3.8) is 0 Å². The number of alkyl halides is 3. The largest absolute Gasteiger partial charge is 0.522 e. The van der Waals surface area contributed by atoms with Gasteiger partial charge in [-0.05, 0) is 25.3 Å². The molecule has 0 saturated heterocycles. The number of ether oxygens (including phenoxy) is 3. The van der Waals surface area contributed by atoms with Gasteiger partial charge in [0.25, 0.3) is 5.91 Å². The molecule has 2 heterocycles. The lowest BCUT2D eigenvalue weighted by molar-refractivity contribution is -0.325. The van der Waals surface area contributed by atoms with Crippen LogP contribution in [0.5, 0.6) is 11.5 Å². The zero-order valence-electron chi connectivity index (χ0n) is 17.6. The molecule has 2 N–H and O–H groups in total. The number of aliphatic hydroxyl groups is 1. The first-order valence-electron chi connectivity index (χ1n) is 10.5. The van der Waals surface area contributed by atoms with E-state index in [1.54, 1.807) is 10.9 Å². The van der Waals surface area contributed by atoms with Crippen molar-refractivity contribution in [2.24, 2.45) is 0 Å². The Morgan fingerprint density at radius 1 is 1.32 bits per heavy atom. The number of fused-ring (bicyclic) bond motifs is 1. The molecule has 8 nitrogen and oxygen atoms in total. The molecule has 3 aliphatic carbocycles. The van der Waals surface area contributed by atoms with Crippen molar-refractivity contribution in [1.29, 1.82) is 0 Å². The summed E-state index contributed by atoms with van der Waals surface area (Å²) in [6, 6.07) is 2.35. The lowest BCUT2D eigenvalue weighted by atomic mass is 9.44. The number of nitrogens with zero attached hydrogens (tertiary/aromatic N) is 2. The molecule has 13 heteroatoms. The van der Waals surface area contributed by atoms with Crippen LogP contribution in [-0.4, -0.2) is 52.0 Å². The van der Waals surface area contributed by atoms with E-state index in [-0.39, 0.29) is 29.3 Å². The summed E-state index contributed by atoms with van der Waals surface area (Å²) in [6.45, 7) is -0.901. The van der Waals surface area contributed by atoms with E-state index >= 15 is 0 Å². The predicted octanol–water partition coefficient (Wildman–Crippen LogP) is 3.22. The summed E-state index contributed by atoms with van der Waals surface area (Å²) in [7, 11) is 0. The first-order valence-corrected chi connectivity index (χ1v) is 10.9. The number of aromatic nitrogens is 2. The highest BCUT2D eigenvalue weighted by Gasteiger charge is 2.70. The number of carbonyl (C=O) groups excluding carboxylic acids is 1. The first kappa shape index (κ1) is 23.2. The lowest BCUT2D eigenvalue weighted by Crippen LogP contribution is -2.79. The number of nitrogens with one attached hydrogen (secondary N) is 1. The van der Waals surface area contributed by atoms with Crippen molar-refractivity contribution < 1.29 is 41.7 Å². The highest BCUT2D eigenvalue weighted by atomic mass is 35.5. The number of benzene rings is 1. The maximum absolute atomic E-state index is 13.8. The summed E-state index contributed by atoms with van der Waals surface area (Å²) in [6.07, 6.45) is -1.82. The summed E-state index contributed by atoms with van der Waals surface area (Å²) in [4.78, 5) is 12.8. The molecule has 0 unspecified atom stereocenters. The quantitative estimate of drug-likeness (QED) is 0.443. The van der Waals surface area contributed by atoms with Crippen LogP contribution in [0.25, 0.3) is 0 Å². The molecule has 1 aromatic carbocycles. The minimum atomic E-state index is -4.70. The Kier molecular flexibility index (Phi) is 5.45. The molecule has 6 rings (SSSR count). The summed E-state index contributed by atoms with van der Waals surface area (Å²) in [5.74, 6) is -0.697. The van der Waals surface area contributed by atoms with Crippen LogP contribution in [0.15, 0.2) is 24.5 Å². The third kappa shape index (κ3) is 4.18. The van der Waals surface area contributed by atoms with Crippen LogP contribution in [0.2, 0.25) is 5.02 Å². The van der Waals surface area contributed by atoms with Crippen LogP contribution in [0.3, 0.4) is 0 Å². The third-order valence-electron chi connectivity index (χ3n) is 6.46. The molecule has 0 spiro atoms. The van der Waals surface area contributed by atoms with E-state index in [0.29, 0.717) is 30.6 Å². The fourth-order valence-corrected chi connectivity index (χ4v) is 5.18. The topological polar surface area (TPSA) is 94.8 Å². The SMILES string of the molecule is O=C(NC12CC(n3cc(OCCOC(F)(F)F)cn3)(C1)C2)[C@H]1C[C@@H](O)c2cc(Cl)c(F)cc2O1. The molecule has 2 aromatic rings. The molecule has 0 radical (unpaired) electrons. The van der Waals surface area contributed by atoms with E-state index in [1.165, 1.54) is 12.3 Å². The Hall–Kier alpha value is -2.57. The normalized spacial score (nSPS) is 29.4. The van der Waals surface area contributed by atoms with E-state index in [0.717, 1.165) is 6.07 Å². The lowest BCUT2D eigenvalue weighted by Gasteiger charge is -2.70. The van der Waals surface area contributed by atoms with Gasteiger partial charge in [0.2, 0.25) is 0 Å². The van der Waals surface area contributed by atoms with Crippen molar-refractivity contribution in [1.82, 2.24) is 15.1 Å². The van der Waals surface area contributed by atoms with Gasteiger partial charge < -0.3 is 19.9 Å². The minimum Gasteiger partial charge on any atom is -0.488 e. The van der Waals surface area contributed by atoms with Gasteiger partial charge in [-0.2, -0.15) is 5.10 Å². The molecule has 1 aliphatic heterocycles. The third-order valence-corrected chi connectivity index (χ3v) is 6.75. The molecule has 1 amide bonds. The van der Waals surface area contributed by atoms with Crippen molar-refractivity contribution in [3.8, 4) is 11.5 Å². The Bertz CT molecular complexity index is 1100. The van der Waals surface area contributed by atoms with Gasteiger partial charge in [-0.25, -0.2) is 4.39 Å². The summed E-state index contributed by atoms with van der Waals surface area (Å²) in [5, 5.41) is 17.4. The van der Waals surface area contributed by atoms with Crippen LogP contribution >= 0.6 is 11.6 Å². The maximum atomic E-state index is 13.8. The van der Waals surface area contributed by atoms with Crippen LogP contribution in [0.4, 0.5) is 17.6 Å². The van der Waals surface area contributed by atoms with Crippen molar-refractivity contribution in [3.05, 3.63) is 40.9 Å². The number of carbonyl (C=O) groups is 1. The van der Waals surface area contributed by atoms with Gasteiger partial charge >= 0.3 is 6.36 Å². The average molecular weight is 506 g/mol. The monoisotopic (exact) mass is 505 g/mol. The zero-order chi connectivity index (χ0) is 24.3. The zero-order valence-corrected chi connectivity index (χ0v) is 18.3. The fraction of sp³-hybridized carbons (Fsp3) is 0.524. The van der Waals surface area contributed by atoms with Crippen molar-refractivity contribution in [2.75, 3.05) is 13.2 Å². The number of aliphatic hydroxyl groups excluding tert-OH is 1. The van der Waals surface area contributed by atoms with Gasteiger partial charge in [-0.3, -0.25) is 14.2 Å². The molecule has 184 valence electrons. The standard InChI is InChI=1S/C21H20ClF4N3O5/c22-13-3-12-15(30)5-17(34-16(12)4-14(13)23)18(31)28-19-8-20(9-19,10-19)29-7-11(6-27-29)32-1-2-33-21(24,25)26/h3-4,6-7,15,17,30H,1-2,5,8-10H2,(H,28,31)/t15-,17-,19?,20?/m1/s1. The van der Waals surface area contributed by atoms with E-state index in [1.807, 2.05) is 0 Å². The fourth-order valence-electron chi connectivity index (χ4n) is 5.01. The van der Waals surface area contributed by atoms with Gasteiger partial charge in [0.05, 0.1) is 35.7 Å². The van der Waals surface area contributed by atoms with Gasteiger partial charge in [0, 0.05) is 23.6 Å². The smallest absolute Gasteiger partial charge is 0.488 e. The van der Waals surface area contributed by atoms with Crippen LogP contribution in [0, 0.1) is 5.82 Å². The number of hydrogen-bond donors (Lipinski definition) is 2. The highest BCUT2D eigenvalue weighted by Crippen LogP contribution is 2.65. The van der Waals surface area contributed by atoms with Gasteiger partial charge in [-0.1, -0.05) is 11.6 Å². The molecule has 34 heavy (non-hydrogen) atoms. The van der Waals surface area contributed by atoms with Crippen molar-refractivity contribution >= 4 is 17.5 Å². The molecular weight excluding hydrogens is 486 g/mol. The number of hydrogen-bond acceptors (Lipinski definition) is 6. The van der Waals surface area contributed by atoms with Crippen LogP contribution in [-0.2, 0) is 15.1 Å². The maximum Gasteiger partial charge on any atom is 0.522 e. The molecule has 3 fully saturated rings. The second-order valence-corrected chi connectivity index (χ2v) is 9.36. The van der Waals surface area contributed by atoms with Gasteiger partial charge in [-0.15, -0.1) is 13.2 Å². The van der Waals surface area contributed by atoms with E-state index in [2.05, 4.69) is 15.2 Å². The highest BCUT2D eigenvalue weighted by molar-refractivity contribution is 6.30. The molecule has 1 aromatic heterocycles. The number of rotatable bonds is 7. The summed E-state index contributed by atoms with van der Waals surface area (Å²) >= 11 is 5.76. The molecule has 2 atom stereocenters. The Morgan fingerprint density at radius 2 is 2.06 bits per heavy atom. The Labute approximate surface area is 195 Å². The molecule has 3 saturated carbocycles. The second-order valence-electron chi connectivity index (χ2n) is 8.95. The van der Waals surface area contributed by atoms with E-state index in [9.17, 15) is 27.5 Å².